The van der Waals surface area contributed by atoms with E-state index in [4.69, 9.17) is 4.74 Å². The van der Waals surface area contributed by atoms with Gasteiger partial charge in [0.2, 0.25) is 11.8 Å². The minimum Gasteiger partial charge on any atom is -0.497 e. The molecule has 36 heavy (non-hydrogen) atoms. The van der Waals surface area contributed by atoms with Crippen molar-refractivity contribution in [3.05, 3.63) is 60.4 Å². The summed E-state index contributed by atoms with van der Waals surface area (Å²) in [4.78, 5) is 38.3. The lowest BCUT2D eigenvalue weighted by molar-refractivity contribution is -0.122. The molecular weight excluding hydrogens is 456 g/mol. The summed E-state index contributed by atoms with van der Waals surface area (Å²) in [6.45, 7) is 8.13. The van der Waals surface area contributed by atoms with Gasteiger partial charge < -0.3 is 25.2 Å². The lowest BCUT2D eigenvalue weighted by Gasteiger charge is -2.20. The molecule has 3 aromatic rings. The normalized spacial score (nSPS) is 15.1. The van der Waals surface area contributed by atoms with Gasteiger partial charge in [-0.15, -0.1) is 0 Å². The summed E-state index contributed by atoms with van der Waals surface area (Å²) in [6.07, 6.45) is 0.171. The number of methoxy groups -OCH3 is 1. The van der Waals surface area contributed by atoms with E-state index in [2.05, 4.69) is 39.3 Å². The molecule has 2 amide bonds. The lowest BCUT2D eigenvalue weighted by atomic mass is 10.1. The SMILES string of the molecule is CCN(CC)c1cc(Nc2ccc(NC(=O)C3CC(=O)N(c4cccc(OC)c4)C3)cc2)nc(C)n1. The third-order valence-corrected chi connectivity index (χ3v) is 6.20. The number of ether oxygens (including phenoxy) is 1. The zero-order chi connectivity index (χ0) is 25.7. The zero-order valence-electron chi connectivity index (χ0n) is 21.1. The Morgan fingerprint density at radius 3 is 2.50 bits per heavy atom. The zero-order valence-corrected chi connectivity index (χ0v) is 21.1. The Kier molecular flexibility index (Phi) is 7.68. The fraction of sp³-hybridized carbons (Fsp3) is 0.333. The van der Waals surface area contributed by atoms with Crippen LogP contribution in [0.5, 0.6) is 5.75 Å². The maximum atomic E-state index is 12.9. The van der Waals surface area contributed by atoms with Crippen LogP contribution >= 0.6 is 0 Å². The summed E-state index contributed by atoms with van der Waals surface area (Å²) in [7, 11) is 1.58. The summed E-state index contributed by atoms with van der Waals surface area (Å²) >= 11 is 0. The van der Waals surface area contributed by atoms with Gasteiger partial charge in [0, 0.05) is 55.2 Å². The molecule has 1 aromatic heterocycles. The first kappa shape index (κ1) is 25.0. The highest BCUT2D eigenvalue weighted by molar-refractivity contribution is 6.03. The first-order valence-electron chi connectivity index (χ1n) is 12.1. The van der Waals surface area contributed by atoms with Crippen LogP contribution in [-0.2, 0) is 9.59 Å². The smallest absolute Gasteiger partial charge is 0.229 e. The van der Waals surface area contributed by atoms with E-state index in [1.807, 2.05) is 55.5 Å². The average Bonchev–Trinajstić information content (AvgIpc) is 3.27. The Bertz CT molecular complexity index is 1230. The second kappa shape index (κ2) is 11.1. The van der Waals surface area contributed by atoms with Gasteiger partial charge in [-0.1, -0.05) is 6.07 Å². The minimum absolute atomic E-state index is 0.0767. The summed E-state index contributed by atoms with van der Waals surface area (Å²) in [5.74, 6) is 2.28. The van der Waals surface area contributed by atoms with Gasteiger partial charge in [-0.25, -0.2) is 9.97 Å². The molecule has 0 spiro atoms. The summed E-state index contributed by atoms with van der Waals surface area (Å²) in [6, 6.07) is 16.6. The van der Waals surface area contributed by atoms with Crippen molar-refractivity contribution in [3.63, 3.8) is 0 Å². The number of aryl methyl sites for hydroxylation is 1. The van der Waals surface area contributed by atoms with Crippen molar-refractivity contribution in [2.75, 3.05) is 47.2 Å². The molecule has 1 fully saturated rings. The van der Waals surface area contributed by atoms with Crippen molar-refractivity contribution in [3.8, 4) is 5.75 Å². The number of hydrogen-bond donors (Lipinski definition) is 2. The molecular formula is C27H32N6O3. The standard InChI is InChI=1S/C27H32N6O3/c1-5-32(6-2)25-16-24(28-18(3)29-25)30-20-10-12-21(13-11-20)31-27(35)19-14-26(34)33(17-19)22-8-7-9-23(15-22)36-4/h7-13,15-16,19H,5-6,14,17H2,1-4H3,(H,31,35)(H,28,29,30). The molecule has 1 aliphatic heterocycles. The molecule has 0 saturated carbocycles. The molecule has 188 valence electrons. The first-order chi connectivity index (χ1) is 17.4. The maximum Gasteiger partial charge on any atom is 0.229 e. The van der Waals surface area contributed by atoms with Crippen LogP contribution in [0.1, 0.15) is 26.1 Å². The van der Waals surface area contributed by atoms with Gasteiger partial charge >= 0.3 is 0 Å². The van der Waals surface area contributed by atoms with E-state index >= 15 is 0 Å². The monoisotopic (exact) mass is 488 g/mol. The van der Waals surface area contributed by atoms with Crippen molar-refractivity contribution < 1.29 is 14.3 Å². The number of benzene rings is 2. The van der Waals surface area contributed by atoms with E-state index in [1.165, 1.54) is 0 Å². The number of rotatable bonds is 9. The Morgan fingerprint density at radius 2 is 1.81 bits per heavy atom. The number of amides is 2. The number of carbonyl (C=O) groups is 2. The fourth-order valence-corrected chi connectivity index (χ4v) is 4.27. The second-order valence-corrected chi connectivity index (χ2v) is 8.63. The largest absolute Gasteiger partial charge is 0.497 e. The van der Waals surface area contributed by atoms with Gasteiger partial charge in [0.25, 0.3) is 0 Å². The third kappa shape index (κ3) is 5.73. The van der Waals surface area contributed by atoms with Crippen LogP contribution in [0.15, 0.2) is 54.6 Å². The molecule has 1 saturated heterocycles. The Hall–Kier alpha value is -4.14. The number of nitrogens with zero attached hydrogens (tertiary/aromatic N) is 4. The molecule has 0 bridgehead atoms. The van der Waals surface area contributed by atoms with E-state index in [9.17, 15) is 9.59 Å². The van der Waals surface area contributed by atoms with Crippen LogP contribution in [0.2, 0.25) is 0 Å². The van der Waals surface area contributed by atoms with E-state index in [-0.39, 0.29) is 18.2 Å². The van der Waals surface area contributed by atoms with Gasteiger partial charge in [0.05, 0.1) is 13.0 Å². The Balaban J connectivity index is 1.38. The highest BCUT2D eigenvalue weighted by Gasteiger charge is 2.35. The van der Waals surface area contributed by atoms with Gasteiger partial charge in [-0.05, 0) is 57.2 Å². The highest BCUT2D eigenvalue weighted by Crippen LogP contribution is 2.29. The summed E-state index contributed by atoms with van der Waals surface area (Å²) in [5.41, 5.74) is 2.24. The topological polar surface area (TPSA) is 99.7 Å². The van der Waals surface area contributed by atoms with Crippen LogP contribution in [0.3, 0.4) is 0 Å². The molecule has 1 aliphatic rings. The molecule has 1 atom stereocenters. The molecule has 2 aromatic carbocycles. The Morgan fingerprint density at radius 1 is 1.08 bits per heavy atom. The van der Waals surface area contributed by atoms with Gasteiger partial charge in [-0.3, -0.25) is 9.59 Å². The summed E-state index contributed by atoms with van der Waals surface area (Å²) < 4.78 is 5.25. The van der Waals surface area contributed by atoms with Crippen LogP contribution < -0.4 is 25.2 Å². The van der Waals surface area contributed by atoms with Crippen molar-refractivity contribution in [2.24, 2.45) is 5.92 Å². The predicted molar refractivity (Wildman–Crippen MR) is 142 cm³/mol. The molecule has 0 radical (unpaired) electrons. The van der Waals surface area contributed by atoms with Gasteiger partial charge in [-0.2, -0.15) is 0 Å². The quantitative estimate of drug-likeness (QED) is 0.461. The molecule has 9 heteroatoms. The average molecular weight is 489 g/mol. The first-order valence-corrected chi connectivity index (χ1v) is 12.1. The number of nitrogens with one attached hydrogen (secondary N) is 2. The highest BCUT2D eigenvalue weighted by atomic mass is 16.5. The molecule has 2 heterocycles. The number of hydrogen-bond acceptors (Lipinski definition) is 7. The maximum absolute atomic E-state index is 12.9. The molecule has 1 unspecified atom stereocenters. The van der Waals surface area contributed by atoms with E-state index in [1.54, 1.807) is 18.1 Å². The van der Waals surface area contributed by atoms with Gasteiger partial charge in [0.15, 0.2) is 0 Å². The van der Waals surface area contributed by atoms with E-state index < -0.39 is 5.92 Å². The minimum atomic E-state index is -0.427. The number of aromatic nitrogens is 2. The molecule has 0 aliphatic carbocycles. The van der Waals surface area contributed by atoms with E-state index in [0.29, 0.717) is 29.6 Å². The van der Waals surface area contributed by atoms with Crippen molar-refractivity contribution in [1.29, 1.82) is 0 Å². The van der Waals surface area contributed by atoms with E-state index in [0.717, 1.165) is 30.3 Å². The second-order valence-electron chi connectivity index (χ2n) is 8.63. The van der Waals surface area contributed by atoms with Crippen LogP contribution in [-0.4, -0.2) is 48.5 Å². The lowest BCUT2D eigenvalue weighted by Crippen LogP contribution is -2.28. The fourth-order valence-electron chi connectivity index (χ4n) is 4.27. The van der Waals surface area contributed by atoms with Crippen LogP contribution in [0, 0.1) is 12.8 Å². The third-order valence-electron chi connectivity index (χ3n) is 6.20. The van der Waals surface area contributed by atoms with Crippen molar-refractivity contribution in [2.45, 2.75) is 27.2 Å². The Labute approximate surface area is 211 Å². The van der Waals surface area contributed by atoms with Gasteiger partial charge in [0.1, 0.15) is 23.2 Å². The number of anilines is 5. The van der Waals surface area contributed by atoms with Crippen molar-refractivity contribution in [1.82, 2.24) is 9.97 Å². The van der Waals surface area contributed by atoms with Crippen LogP contribution in [0.4, 0.5) is 28.7 Å². The molecule has 2 N–H and O–H groups in total. The molecule has 9 nitrogen and oxygen atoms in total. The number of carbonyl (C=O) groups excluding carboxylic acids is 2. The predicted octanol–water partition coefficient (Wildman–Crippen LogP) is 4.38. The summed E-state index contributed by atoms with van der Waals surface area (Å²) in [5, 5.41) is 6.25. The van der Waals surface area contributed by atoms with Crippen LogP contribution in [0.25, 0.3) is 0 Å². The molecule has 4 rings (SSSR count). The van der Waals surface area contributed by atoms with Crippen molar-refractivity contribution >= 4 is 40.5 Å².